The van der Waals surface area contributed by atoms with Gasteiger partial charge in [0.25, 0.3) is 0 Å². The van der Waals surface area contributed by atoms with Crippen LogP contribution in [0.5, 0.6) is 0 Å². The fourth-order valence-electron chi connectivity index (χ4n) is 0.783. The van der Waals surface area contributed by atoms with E-state index in [1.165, 1.54) is 6.92 Å². The van der Waals surface area contributed by atoms with E-state index in [0.29, 0.717) is 0 Å². The van der Waals surface area contributed by atoms with E-state index in [1.54, 1.807) is 0 Å². The maximum atomic E-state index is 10.6. The van der Waals surface area contributed by atoms with Crippen LogP contribution in [0.2, 0.25) is 0 Å². The molecule has 1 aromatic carbocycles. The Hall–Kier alpha value is -0.792. The Morgan fingerprint density at radius 3 is 2.50 bits per heavy atom. The van der Waals surface area contributed by atoms with Crippen LogP contribution in [0.15, 0.2) is 30.3 Å². The number of carbonyl (C=O) groups excluding carboxylic acids is 1. The van der Waals surface area contributed by atoms with Crippen molar-refractivity contribution >= 4 is 25.5 Å². The summed E-state index contributed by atoms with van der Waals surface area (Å²) in [5.41, 5.74) is 0. The molecule has 12 heavy (non-hydrogen) atoms. The fourth-order valence-corrected chi connectivity index (χ4v) is 2.63. The van der Waals surface area contributed by atoms with Crippen molar-refractivity contribution in [3.63, 3.8) is 0 Å². The number of nitrogens with one attached hydrogen (secondary N) is 1. The normalized spacial score (nSPS) is 12.2. The third kappa shape index (κ3) is 2.68. The second-order valence-corrected chi connectivity index (χ2v) is 5.18. The fraction of sp³-hybridized carbons (Fsp3) is 0.125. The molecule has 1 rings (SSSR count). The summed E-state index contributed by atoms with van der Waals surface area (Å²) in [6, 6.07) is 9.19. The first-order valence-electron chi connectivity index (χ1n) is 3.51. The van der Waals surface area contributed by atoms with E-state index >= 15 is 0 Å². The monoisotopic (exact) mass is 227 g/mol. The Labute approximate surface area is 76.3 Å². The summed E-state index contributed by atoms with van der Waals surface area (Å²) in [6.45, 7) is 1.40. The van der Waals surface area contributed by atoms with Gasteiger partial charge in [0.15, 0.2) is 0 Å². The first kappa shape index (κ1) is 9.30. The van der Waals surface area contributed by atoms with E-state index in [0.717, 1.165) is 4.35 Å². The average Bonchev–Trinajstić information content (AvgIpc) is 2.05. The van der Waals surface area contributed by atoms with Crippen molar-refractivity contribution < 1.29 is 8.89 Å². The third-order valence-electron chi connectivity index (χ3n) is 1.26. The van der Waals surface area contributed by atoms with Crippen LogP contribution in [0.4, 0.5) is 0 Å². The molecule has 0 aliphatic carbocycles. The number of hydrogen-bond donors (Lipinski definition) is 2. The molecule has 0 aliphatic rings. The van der Waals surface area contributed by atoms with Crippen LogP contribution in [0.3, 0.4) is 0 Å². The molecular formula is C8H10AsNO2. The SMILES string of the molecule is CC(=O)N[As](O)c1ccccc1. The Balaban J connectivity index is 2.65. The Bertz CT molecular complexity index is 263. The predicted octanol–water partition coefficient (Wildman–Crippen LogP) is -0.490. The van der Waals surface area contributed by atoms with Crippen molar-refractivity contribution in [3.05, 3.63) is 30.3 Å². The van der Waals surface area contributed by atoms with E-state index in [2.05, 4.69) is 4.23 Å². The summed E-state index contributed by atoms with van der Waals surface area (Å²) in [6.07, 6.45) is 0. The van der Waals surface area contributed by atoms with Crippen LogP contribution in [0.1, 0.15) is 6.92 Å². The van der Waals surface area contributed by atoms with Gasteiger partial charge in [-0.2, -0.15) is 0 Å². The van der Waals surface area contributed by atoms with Gasteiger partial charge in [-0.1, -0.05) is 0 Å². The van der Waals surface area contributed by atoms with Crippen molar-refractivity contribution in [2.24, 2.45) is 0 Å². The van der Waals surface area contributed by atoms with Crippen LogP contribution in [0, 0.1) is 0 Å². The molecule has 1 aromatic rings. The number of hydrogen-bond acceptors (Lipinski definition) is 2. The van der Waals surface area contributed by atoms with E-state index < -0.39 is 15.2 Å². The van der Waals surface area contributed by atoms with E-state index in [4.69, 9.17) is 0 Å². The van der Waals surface area contributed by atoms with Crippen LogP contribution in [-0.2, 0) is 4.79 Å². The van der Waals surface area contributed by atoms with Gasteiger partial charge in [0.1, 0.15) is 0 Å². The van der Waals surface area contributed by atoms with Crippen LogP contribution in [-0.4, -0.2) is 25.2 Å². The Morgan fingerprint density at radius 1 is 1.42 bits per heavy atom. The van der Waals surface area contributed by atoms with Gasteiger partial charge >= 0.3 is 75.9 Å². The second-order valence-electron chi connectivity index (χ2n) is 2.32. The molecule has 1 unspecified atom stereocenters. The van der Waals surface area contributed by atoms with Crippen molar-refractivity contribution in [2.45, 2.75) is 6.92 Å². The molecule has 2 N–H and O–H groups in total. The molecule has 1 amide bonds. The van der Waals surface area contributed by atoms with Crippen LogP contribution < -0.4 is 8.58 Å². The van der Waals surface area contributed by atoms with Gasteiger partial charge in [-0.15, -0.1) is 0 Å². The molecule has 0 aliphatic heterocycles. The molecule has 64 valence electrons. The molecule has 4 heteroatoms. The number of rotatable bonds is 2. The molecule has 3 nitrogen and oxygen atoms in total. The molecule has 0 fully saturated rings. The van der Waals surface area contributed by atoms with Gasteiger partial charge in [-0.05, 0) is 0 Å². The average molecular weight is 227 g/mol. The molecule has 0 saturated heterocycles. The summed E-state index contributed by atoms with van der Waals surface area (Å²) in [7, 11) is 0. The third-order valence-corrected chi connectivity index (χ3v) is 4.02. The molecular weight excluding hydrogens is 217 g/mol. The second kappa shape index (κ2) is 4.29. The van der Waals surface area contributed by atoms with Gasteiger partial charge < -0.3 is 0 Å². The van der Waals surface area contributed by atoms with Crippen molar-refractivity contribution in [3.8, 4) is 0 Å². The van der Waals surface area contributed by atoms with Gasteiger partial charge in [0.05, 0.1) is 0 Å². The number of amides is 1. The molecule has 0 saturated carbocycles. The molecule has 1 atom stereocenters. The minimum atomic E-state index is -2.28. The zero-order valence-corrected chi connectivity index (χ0v) is 8.57. The maximum absolute atomic E-state index is 10.6. The molecule has 0 radical (unpaired) electrons. The van der Waals surface area contributed by atoms with Crippen molar-refractivity contribution in [1.29, 1.82) is 0 Å². The standard InChI is InChI=1S/C8H10AsNO2/c1-7(11)10-9(12)8-5-3-2-4-6-8/h2-6,12H,1H3,(H,10,11). The number of carbonyl (C=O) groups is 1. The molecule has 0 bridgehead atoms. The van der Waals surface area contributed by atoms with Crippen LogP contribution in [0.25, 0.3) is 0 Å². The van der Waals surface area contributed by atoms with Gasteiger partial charge in [-0.25, -0.2) is 0 Å². The molecule has 0 heterocycles. The summed E-state index contributed by atoms with van der Waals surface area (Å²) >= 11 is -2.28. The van der Waals surface area contributed by atoms with E-state index in [-0.39, 0.29) is 5.91 Å². The Morgan fingerprint density at radius 2 is 2.00 bits per heavy atom. The van der Waals surface area contributed by atoms with Gasteiger partial charge in [0.2, 0.25) is 0 Å². The Kier molecular flexibility index (Phi) is 3.32. The topological polar surface area (TPSA) is 49.3 Å². The van der Waals surface area contributed by atoms with E-state index in [9.17, 15) is 8.89 Å². The van der Waals surface area contributed by atoms with E-state index in [1.807, 2.05) is 30.3 Å². The zero-order valence-electron chi connectivity index (χ0n) is 6.69. The summed E-state index contributed by atoms with van der Waals surface area (Å²) in [5, 5.41) is 0. The summed E-state index contributed by atoms with van der Waals surface area (Å²) in [5.74, 6) is -0.179. The number of benzene rings is 1. The van der Waals surface area contributed by atoms with Gasteiger partial charge in [0, 0.05) is 0 Å². The first-order valence-corrected chi connectivity index (χ1v) is 6.23. The van der Waals surface area contributed by atoms with Crippen molar-refractivity contribution in [2.75, 3.05) is 0 Å². The van der Waals surface area contributed by atoms with Gasteiger partial charge in [-0.3, -0.25) is 0 Å². The zero-order chi connectivity index (χ0) is 8.97. The molecule has 0 aromatic heterocycles. The van der Waals surface area contributed by atoms with Crippen molar-refractivity contribution in [1.82, 2.24) is 4.23 Å². The summed E-state index contributed by atoms with van der Waals surface area (Å²) in [4.78, 5) is 10.6. The van der Waals surface area contributed by atoms with Crippen LogP contribution >= 0.6 is 0 Å². The molecule has 0 spiro atoms. The summed E-state index contributed by atoms with van der Waals surface area (Å²) < 4.78 is 12.9. The minimum absolute atomic E-state index is 0.179. The first-order chi connectivity index (χ1) is 5.70. The predicted molar refractivity (Wildman–Crippen MR) is 47.9 cm³/mol. The quantitative estimate of drug-likeness (QED) is 0.670.